The first kappa shape index (κ1) is 16.7. The molecule has 1 saturated carbocycles. The van der Waals surface area contributed by atoms with E-state index in [0.29, 0.717) is 17.3 Å². The van der Waals surface area contributed by atoms with Gasteiger partial charge in [0.2, 0.25) is 5.16 Å². The minimum atomic E-state index is -0.0651. The van der Waals surface area contributed by atoms with E-state index in [9.17, 15) is 4.79 Å². The number of hydrogen-bond donors (Lipinski definition) is 1. The molecule has 132 valence electrons. The Morgan fingerprint density at radius 3 is 2.84 bits per heavy atom. The van der Waals surface area contributed by atoms with Crippen LogP contribution in [0.15, 0.2) is 9.95 Å². The molecular weight excluding hydrogens is 356 g/mol. The highest BCUT2D eigenvalue weighted by Crippen LogP contribution is 2.36. The molecule has 7 nitrogen and oxygen atoms in total. The summed E-state index contributed by atoms with van der Waals surface area (Å²) in [6, 6.07) is 0.391. The van der Waals surface area contributed by atoms with Crippen LogP contribution in [0.5, 0.6) is 0 Å². The molecule has 1 N–H and O–H groups in total. The molecule has 0 amide bonds. The normalized spacial score (nSPS) is 16.8. The monoisotopic (exact) mass is 376 g/mol. The number of nitrogens with one attached hydrogen (secondary N) is 1. The van der Waals surface area contributed by atoms with Gasteiger partial charge < -0.3 is 4.98 Å². The first-order valence-corrected chi connectivity index (χ1v) is 10.2. The Labute approximate surface area is 153 Å². The SMILES string of the molecule is Cc1sc2nc([C@@H](C)Sc3nnnn3C3CCCC3)[nH]c(=O)c2c1C. The smallest absolute Gasteiger partial charge is 0.259 e. The van der Waals surface area contributed by atoms with Crippen LogP contribution in [0.1, 0.15) is 60.2 Å². The van der Waals surface area contributed by atoms with Crippen molar-refractivity contribution < 1.29 is 0 Å². The van der Waals surface area contributed by atoms with Crippen LogP contribution in [0.3, 0.4) is 0 Å². The van der Waals surface area contributed by atoms with E-state index in [2.05, 4.69) is 25.5 Å². The fourth-order valence-corrected chi connectivity index (χ4v) is 5.27. The van der Waals surface area contributed by atoms with Crippen LogP contribution < -0.4 is 5.56 Å². The minimum Gasteiger partial charge on any atom is -0.309 e. The number of hydrogen-bond acceptors (Lipinski definition) is 7. The van der Waals surface area contributed by atoms with Crippen molar-refractivity contribution in [1.29, 1.82) is 0 Å². The third-order valence-electron chi connectivity index (χ3n) is 4.86. The van der Waals surface area contributed by atoms with Gasteiger partial charge in [-0.2, -0.15) is 0 Å². The van der Waals surface area contributed by atoms with Gasteiger partial charge in [0.15, 0.2) is 0 Å². The molecule has 0 aliphatic heterocycles. The number of aromatic amines is 1. The molecule has 0 aromatic carbocycles. The van der Waals surface area contributed by atoms with Gasteiger partial charge in [0, 0.05) is 4.88 Å². The van der Waals surface area contributed by atoms with Crippen molar-refractivity contribution in [2.24, 2.45) is 0 Å². The Morgan fingerprint density at radius 1 is 1.32 bits per heavy atom. The first-order chi connectivity index (χ1) is 12.0. The van der Waals surface area contributed by atoms with Gasteiger partial charge in [-0.25, -0.2) is 9.67 Å². The van der Waals surface area contributed by atoms with Crippen LogP contribution >= 0.6 is 23.1 Å². The Kier molecular flexibility index (Phi) is 4.36. The first-order valence-electron chi connectivity index (χ1n) is 8.49. The molecule has 1 fully saturated rings. The van der Waals surface area contributed by atoms with Crippen LogP contribution in [0, 0.1) is 13.8 Å². The third kappa shape index (κ3) is 2.99. The van der Waals surface area contributed by atoms with Crippen molar-refractivity contribution >= 4 is 33.3 Å². The Hall–Kier alpha value is -1.74. The summed E-state index contributed by atoms with van der Waals surface area (Å²) in [4.78, 5) is 22.0. The van der Waals surface area contributed by atoms with E-state index in [4.69, 9.17) is 0 Å². The van der Waals surface area contributed by atoms with Gasteiger partial charge in [0.05, 0.1) is 16.7 Å². The highest BCUT2D eigenvalue weighted by molar-refractivity contribution is 7.99. The Morgan fingerprint density at radius 2 is 2.08 bits per heavy atom. The lowest BCUT2D eigenvalue weighted by atomic mass is 10.2. The molecule has 1 aliphatic carbocycles. The second kappa shape index (κ2) is 6.53. The van der Waals surface area contributed by atoms with Crippen LogP contribution in [0.25, 0.3) is 10.2 Å². The number of H-pyrrole nitrogens is 1. The predicted octanol–water partition coefficient (Wildman–Crippen LogP) is 3.56. The molecule has 3 aromatic rings. The van der Waals surface area contributed by atoms with E-state index in [-0.39, 0.29) is 10.8 Å². The van der Waals surface area contributed by atoms with Crippen LogP contribution in [0.2, 0.25) is 0 Å². The van der Waals surface area contributed by atoms with Crippen LogP contribution in [0.4, 0.5) is 0 Å². The van der Waals surface area contributed by atoms with E-state index in [1.807, 2.05) is 25.5 Å². The quantitative estimate of drug-likeness (QED) is 0.700. The summed E-state index contributed by atoms with van der Waals surface area (Å²) in [7, 11) is 0. The van der Waals surface area contributed by atoms with Crippen molar-refractivity contribution in [3.63, 3.8) is 0 Å². The molecule has 0 bridgehead atoms. The number of tetrazole rings is 1. The summed E-state index contributed by atoms with van der Waals surface area (Å²) in [5.74, 6) is 0.671. The molecule has 9 heteroatoms. The maximum absolute atomic E-state index is 12.5. The fourth-order valence-electron chi connectivity index (χ4n) is 3.32. The summed E-state index contributed by atoms with van der Waals surface area (Å²) in [6.45, 7) is 6.02. The zero-order valence-electron chi connectivity index (χ0n) is 14.4. The maximum atomic E-state index is 12.5. The molecule has 3 heterocycles. The van der Waals surface area contributed by atoms with Gasteiger partial charge in [-0.05, 0) is 49.6 Å². The topological polar surface area (TPSA) is 89.3 Å². The van der Waals surface area contributed by atoms with E-state index < -0.39 is 0 Å². The zero-order chi connectivity index (χ0) is 17.6. The number of fused-ring (bicyclic) bond motifs is 1. The van der Waals surface area contributed by atoms with Gasteiger partial charge in [-0.15, -0.1) is 16.4 Å². The summed E-state index contributed by atoms with van der Waals surface area (Å²) in [6.07, 6.45) is 4.71. The number of aryl methyl sites for hydroxylation is 2. The fraction of sp³-hybridized carbons (Fsp3) is 0.562. The van der Waals surface area contributed by atoms with Crippen molar-refractivity contribution in [2.75, 3.05) is 0 Å². The lowest BCUT2D eigenvalue weighted by Crippen LogP contribution is -2.13. The summed E-state index contributed by atoms with van der Waals surface area (Å²) in [5.41, 5.74) is 0.954. The standard InChI is InChI=1S/C16H20N6OS2/c1-8-9(2)24-15-12(8)14(23)17-13(18-15)10(3)25-16-19-20-21-22(16)11-6-4-5-7-11/h10-11H,4-7H2,1-3H3,(H,17,18,23)/t10-/m1/s1. The van der Waals surface area contributed by atoms with Gasteiger partial charge in [0.1, 0.15) is 10.7 Å². The van der Waals surface area contributed by atoms with Gasteiger partial charge in [0.25, 0.3) is 5.56 Å². The van der Waals surface area contributed by atoms with E-state index in [1.54, 1.807) is 23.1 Å². The van der Waals surface area contributed by atoms with Crippen molar-refractivity contribution in [3.8, 4) is 0 Å². The third-order valence-corrected chi connectivity index (χ3v) is 7.02. The Balaban J connectivity index is 1.64. The largest absolute Gasteiger partial charge is 0.309 e. The molecule has 3 aromatic heterocycles. The Bertz CT molecular complexity index is 969. The highest BCUT2D eigenvalue weighted by Gasteiger charge is 2.24. The molecule has 0 saturated heterocycles. The summed E-state index contributed by atoms with van der Waals surface area (Å²) >= 11 is 3.11. The average molecular weight is 377 g/mol. The molecule has 25 heavy (non-hydrogen) atoms. The number of thioether (sulfide) groups is 1. The maximum Gasteiger partial charge on any atom is 0.259 e. The molecular formula is C16H20N6OS2. The lowest BCUT2D eigenvalue weighted by Gasteiger charge is -2.13. The summed E-state index contributed by atoms with van der Waals surface area (Å²) < 4.78 is 1.93. The van der Waals surface area contributed by atoms with Gasteiger partial charge in [-0.1, -0.05) is 24.6 Å². The minimum absolute atomic E-state index is 0.0361. The highest BCUT2D eigenvalue weighted by atomic mass is 32.2. The molecule has 0 unspecified atom stereocenters. The number of rotatable bonds is 4. The molecule has 1 atom stereocenters. The van der Waals surface area contributed by atoms with Gasteiger partial charge >= 0.3 is 0 Å². The van der Waals surface area contributed by atoms with Crippen molar-refractivity contribution in [3.05, 3.63) is 26.6 Å². The van der Waals surface area contributed by atoms with E-state index >= 15 is 0 Å². The molecule has 0 spiro atoms. The second-order valence-corrected chi connectivity index (χ2v) is 9.03. The van der Waals surface area contributed by atoms with Gasteiger partial charge in [-0.3, -0.25) is 4.79 Å². The van der Waals surface area contributed by atoms with Crippen LogP contribution in [-0.4, -0.2) is 30.2 Å². The number of thiophene rings is 1. The number of nitrogens with zero attached hydrogens (tertiary/aromatic N) is 5. The van der Waals surface area contributed by atoms with Crippen molar-refractivity contribution in [2.45, 2.75) is 62.9 Å². The van der Waals surface area contributed by atoms with Crippen LogP contribution in [-0.2, 0) is 0 Å². The molecule has 1 aliphatic rings. The summed E-state index contributed by atoms with van der Waals surface area (Å²) in [5, 5.41) is 13.7. The average Bonchev–Trinajstić information content (AvgIpc) is 3.29. The predicted molar refractivity (Wildman–Crippen MR) is 99.3 cm³/mol. The van der Waals surface area contributed by atoms with E-state index in [0.717, 1.165) is 33.3 Å². The molecule has 4 rings (SSSR count). The zero-order valence-corrected chi connectivity index (χ0v) is 16.1. The second-order valence-electron chi connectivity index (χ2n) is 6.52. The lowest BCUT2D eigenvalue weighted by molar-refractivity contribution is 0.422. The van der Waals surface area contributed by atoms with E-state index in [1.165, 1.54) is 12.8 Å². The number of aromatic nitrogens is 6. The van der Waals surface area contributed by atoms with Crippen molar-refractivity contribution in [1.82, 2.24) is 30.2 Å². The molecule has 0 radical (unpaired) electrons.